The lowest BCUT2D eigenvalue weighted by atomic mass is 10.2. The van der Waals surface area contributed by atoms with E-state index in [1.807, 2.05) is 0 Å². The first-order valence-electron chi connectivity index (χ1n) is 7.04. The second kappa shape index (κ2) is 6.86. The third-order valence-corrected chi connectivity index (χ3v) is 3.69. The van der Waals surface area contributed by atoms with Crippen LogP contribution < -0.4 is 11.1 Å². The summed E-state index contributed by atoms with van der Waals surface area (Å²) >= 11 is 0. The topological polar surface area (TPSA) is 84.7 Å². The zero-order chi connectivity index (χ0) is 13.7. The number of carbonyl (C=O) groups excluding carboxylic acids is 2. The fourth-order valence-corrected chi connectivity index (χ4v) is 2.20. The van der Waals surface area contributed by atoms with Crippen LogP contribution in [0.1, 0.15) is 25.7 Å². The molecule has 6 heteroatoms. The lowest BCUT2D eigenvalue weighted by Gasteiger charge is -2.26. The highest BCUT2D eigenvalue weighted by atomic mass is 16.5. The SMILES string of the molecule is NC(CNC(=O)CCC(=O)N1CCOCC1)C1CC1. The molecule has 0 aromatic carbocycles. The Kier molecular flexibility index (Phi) is 5.15. The van der Waals surface area contributed by atoms with E-state index in [0.717, 1.165) is 0 Å². The van der Waals surface area contributed by atoms with E-state index in [2.05, 4.69) is 5.32 Å². The number of nitrogens with zero attached hydrogens (tertiary/aromatic N) is 1. The maximum atomic E-state index is 11.8. The summed E-state index contributed by atoms with van der Waals surface area (Å²) in [6.07, 6.45) is 2.86. The summed E-state index contributed by atoms with van der Waals surface area (Å²) in [5.41, 5.74) is 5.90. The summed E-state index contributed by atoms with van der Waals surface area (Å²) in [7, 11) is 0. The molecule has 1 unspecified atom stereocenters. The van der Waals surface area contributed by atoms with Gasteiger partial charge in [0, 0.05) is 38.5 Å². The summed E-state index contributed by atoms with van der Waals surface area (Å²) in [6.45, 7) is 2.97. The average Bonchev–Trinajstić information content (AvgIpc) is 3.27. The average molecular weight is 269 g/mol. The molecule has 0 radical (unpaired) electrons. The molecule has 1 heterocycles. The third kappa shape index (κ3) is 4.80. The Bertz CT molecular complexity index is 325. The first kappa shape index (κ1) is 14.3. The molecule has 19 heavy (non-hydrogen) atoms. The fraction of sp³-hybridized carbons (Fsp3) is 0.846. The van der Waals surface area contributed by atoms with E-state index in [0.29, 0.717) is 38.8 Å². The minimum atomic E-state index is -0.0855. The number of rotatable bonds is 6. The van der Waals surface area contributed by atoms with E-state index in [1.54, 1.807) is 4.90 Å². The number of morpholine rings is 1. The van der Waals surface area contributed by atoms with Crippen molar-refractivity contribution in [3.63, 3.8) is 0 Å². The molecule has 2 aliphatic rings. The first-order valence-corrected chi connectivity index (χ1v) is 7.04. The van der Waals surface area contributed by atoms with Gasteiger partial charge in [0.05, 0.1) is 13.2 Å². The molecule has 1 saturated heterocycles. The Labute approximate surface area is 113 Å². The number of nitrogens with one attached hydrogen (secondary N) is 1. The summed E-state index contributed by atoms with van der Waals surface area (Å²) < 4.78 is 5.18. The number of ether oxygens (including phenoxy) is 1. The Morgan fingerprint density at radius 1 is 1.26 bits per heavy atom. The molecule has 1 aliphatic carbocycles. The first-order chi connectivity index (χ1) is 9.16. The predicted molar refractivity (Wildman–Crippen MR) is 70.3 cm³/mol. The van der Waals surface area contributed by atoms with E-state index in [9.17, 15) is 9.59 Å². The van der Waals surface area contributed by atoms with Gasteiger partial charge in [-0.3, -0.25) is 9.59 Å². The van der Waals surface area contributed by atoms with Gasteiger partial charge in [-0.2, -0.15) is 0 Å². The number of carbonyl (C=O) groups is 2. The van der Waals surface area contributed by atoms with Crippen molar-refractivity contribution < 1.29 is 14.3 Å². The maximum absolute atomic E-state index is 11.8. The Balaban J connectivity index is 1.58. The second-order valence-corrected chi connectivity index (χ2v) is 5.30. The van der Waals surface area contributed by atoms with Crippen LogP contribution in [0.2, 0.25) is 0 Å². The molecular weight excluding hydrogens is 246 g/mol. The van der Waals surface area contributed by atoms with Crippen molar-refractivity contribution in [1.29, 1.82) is 0 Å². The van der Waals surface area contributed by atoms with Crippen LogP contribution in [0.4, 0.5) is 0 Å². The monoisotopic (exact) mass is 269 g/mol. The highest BCUT2D eigenvalue weighted by molar-refractivity contribution is 5.83. The van der Waals surface area contributed by atoms with Crippen LogP contribution in [0.15, 0.2) is 0 Å². The molecule has 1 saturated carbocycles. The zero-order valence-electron chi connectivity index (χ0n) is 11.3. The van der Waals surface area contributed by atoms with Crippen molar-refractivity contribution in [2.75, 3.05) is 32.8 Å². The van der Waals surface area contributed by atoms with E-state index in [-0.39, 0.29) is 30.7 Å². The number of hydrogen-bond acceptors (Lipinski definition) is 4. The minimum Gasteiger partial charge on any atom is -0.378 e. The van der Waals surface area contributed by atoms with Crippen LogP contribution >= 0.6 is 0 Å². The Morgan fingerprint density at radius 2 is 1.95 bits per heavy atom. The third-order valence-electron chi connectivity index (χ3n) is 3.69. The molecule has 2 rings (SSSR count). The number of hydrogen-bond donors (Lipinski definition) is 2. The molecule has 108 valence electrons. The Hall–Kier alpha value is -1.14. The van der Waals surface area contributed by atoms with Crippen LogP contribution in [0, 0.1) is 5.92 Å². The van der Waals surface area contributed by atoms with Gasteiger partial charge in [-0.05, 0) is 18.8 Å². The van der Waals surface area contributed by atoms with E-state index in [4.69, 9.17) is 10.5 Å². The van der Waals surface area contributed by atoms with Gasteiger partial charge in [-0.25, -0.2) is 0 Å². The highest BCUT2D eigenvalue weighted by Crippen LogP contribution is 2.31. The van der Waals surface area contributed by atoms with Crippen LogP contribution in [0.3, 0.4) is 0 Å². The van der Waals surface area contributed by atoms with Gasteiger partial charge in [0.1, 0.15) is 0 Å². The maximum Gasteiger partial charge on any atom is 0.223 e. The van der Waals surface area contributed by atoms with Gasteiger partial charge in [0.2, 0.25) is 11.8 Å². The summed E-state index contributed by atoms with van der Waals surface area (Å²) in [4.78, 5) is 25.2. The van der Waals surface area contributed by atoms with Crippen LogP contribution in [0.5, 0.6) is 0 Å². The molecular formula is C13H23N3O3. The second-order valence-electron chi connectivity index (χ2n) is 5.30. The quantitative estimate of drug-likeness (QED) is 0.679. The van der Waals surface area contributed by atoms with Crippen molar-refractivity contribution in [1.82, 2.24) is 10.2 Å². The predicted octanol–water partition coefficient (Wildman–Crippen LogP) is -0.521. The van der Waals surface area contributed by atoms with E-state index >= 15 is 0 Å². The van der Waals surface area contributed by atoms with E-state index in [1.165, 1.54) is 12.8 Å². The number of nitrogens with two attached hydrogens (primary N) is 1. The van der Waals surface area contributed by atoms with Crippen LogP contribution in [0.25, 0.3) is 0 Å². The molecule has 0 bridgehead atoms. The highest BCUT2D eigenvalue weighted by Gasteiger charge is 2.28. The lowest BCUT2D eigenvalue weighted by Crippen LogP contribution is -2.42. The van der Waals surface area contributed by atoms with Gasteiger partial charge >= 0.3 is 0 Å². The molecule has 2 amide bonds. The largest absolute Gasteiger partial charge is 0.378 e. The minimum absolute atomic E-state index is 0.0324. The standard InChI is InChI=1S/C13H23N3O3/c14-11(10-1-2-10)9-15-12(17)3-4-13(18)16-5-7-19-8-6-16/h10-11H,1-9,14H2,(H,15,17). The Morgan fingerprint density at radius 3 is 2.58 bits per heavy atom. The molecule has 0 aromatic heterocycles. The molecule has 6 nitrogen and oxygen atoms in total. The molecule has 3 N–H and O–H groups in total. The van der Waals surface area contributed by atoms with Crippen molar-refractivity contribution >= 4 is 11.8 Å². The van der Waals surface area contributed by atoms with Crippen LogP contribution in [-0.2, 0) is 14.3 Å². The van der Waals surface area contributed by atoms with Gasteiger partial charge < -0.3 is 20.7 Å². The van der Waals surface area contributed by atoms with E-state index < -0.39 is 0 Å². The van der Waals surface area contributed by atoms with Gasteiger partial charge in [0.15, 0.2) is 0 Å². The van der Waals surface area contributed by atoms with Crippen molar-refractivity contribution in [2.45, 2.75) is 31.7 Å². The normalized spacial score (nSPS) is 21.0. The molecule has 0 aromatic rings. The van der Waals surface area contributed by atoms with Crippen molar-refractivity contribution in [2.24, 2.45) is 11.7 Å². The van der Waals surface area contributed by atoms with Crippen molar-refractivity contribution in [3.05, 3.63) is 0 Å². The van der Waals surface area contributed by atoms with Crippen molar-refractivity contribution in [3.8, 4) is 0 Å². The summed E-state index contributed by atoms with van der Waals surface area (Å²) in [6, 6.07) is 0.0684. The smallest absolute Gasteiger partial charge is 0.223 e. The zero-order valence-corrected chi connectivity index (χ0v) is 11.3. The molecule has 1 aliphatic heterocycles. The fourth-order valence-electron chi connectivity index (χ4n) is 2.20. The summed E-state index contributed by atoms with van der Waals surface area (Å²) in [5.74, 6) is 0.526. The number of amides is 2. The van der Waals surface area contributed by atoms with Gasteiger partial charge in [-0.1, -0.05) is 0 Å². The lowest BCUT2D eigenvalue weighted by molar-refractivity contribution is -0.137. The van der Waals surface area contributed by atoms with Gasteiger partial charge in [0.25, 0.3) is 0 Å². The van der Waals surface area contributed by atoms with Crippen LogP contribution in [-0.4, -0.2) is 55.6 Å². The molecule has 2 fully saturated rings. The summed E-state index contributed by atoms with van der Waals surface area (Å²) in [5, 5.41) is 2.80. The van der Waals surface area contributed by atoms with Gasteiger partial charge in [-0.15, -0.1) is 0 Å². The molecule has 0 spiro atoms. The molecule has 1 atom stereocenters.